The number of carbonyl (C=O) groups is 2. The first-order chi connectivity index (χ1) is 25.7. The number of phosphoric ester groups is 1. The molecule has 53 heavy (non-hydrogen) atoms. The van der Waals surface area contributed by atoms with Gasteiger partial charge in [0.2, 0.25) is 0 Å². The Morgan fingerprint density at radius 2 is 0.962 bits per heavy atom. The predicted molar refractivity (Wildman–Crippen MR) is 217 cm³/mol. The Morgan fingerprint density at radius 1 is 0.585 bits per heavy atom. The van der Waals surface area contributed by atoms with Crippen molar-refractivity contribution in [3.8, 4) is 0 Å². The number of esters is 1. The van der Waals surface area contributed by atoms with Gasteiger partial charge in [-0.05, 0) is 25.3 Å². The fourth-order valence-corrected chi connectivity index (χ4v) is 7.00. The molecule has 0 aliphatic rings. The molecule has 0 aromatic rings. The molecule has 0 amide bonds. The molecule has 0 aromatic heterocycles. The molecule has 3 atom stereocenters. The van der Waals surface area contributed by atoms with Gasteiger partial charge in [0.25, 0.3) is 0 Å². The lowest BCUT2D eigenvalue weighted by atomic mass is 10.0. The van der Waals surface area contributed by atoms with Crippen LogP contribution in [0.5, 0.6) is 0 Å². The molecule has 0 aliphatic carbocycles. The molecule has 10 nitrogen and oxygen atoms in total. The van der Waals surface area contributed by atoms with E-state index in [1.807, 2.05) is 6.08 Å². The van der Waals surface area contributed by atoms with Crippen LogP contribution in [0.3, 0.4) is 0 Å². The molecule has 0 aliphatic heterocycles. The van der Waals surface area contributed by atoms with Crippen LogP contribution in [0, 0.1) is 0 Å². The highest BCUT2D eigenvalue weighted by Crippen LogP contribution is 2.43. The quantitative estimate of drug-likeness (QED) is 0.0236. The third kappa shape index (κ3) is 38.6. The van der Waals surface area contributed by atoms with Gasteiger partial charge in [-0.15, -0.1) is 0 Å². The van der Waals surface area contributed by atoms with Crippen molar-refractivity contribution in [3.63, 3.8) is 0 Å². The fraction of sp³-hybridized carbons (Fsp3) is 0.905. The van der Waals surface area contributed by atoms with Gasteiger partial charge in [0.1, 0.15) is 12.6 Å². The lowest BCUT2D eigenvalue weighted by Gasteiger charge is -2.20. The van der Waals surface area contributed by atoms with Crippen LogP contribution in [0.15, 0.2) is 12.3 Å². The van der Waals surface area contributed by atoms with Crippen molar-refractivity contribution < 1.29 is 42.7 Å². The summed E-state index contributed by atoms with van der Waals surface area (Å²) in [7, 11) is -4.62. The summed E-state index contributed by atoms with van der Waals surface area (Å²) in [5.74, 6) is -1.80. The zero-order valence-corrected chi connectivity index (χ0v) is 35.0. The molecule has 4 N–H and O–H groups in total. The second kappa shape index (κ2) is 38.8. The van der Waals surface area contributed by atoms with E-state index in [4.69, 9.17) is 29.4 Å². The van der Waals surface area contributed by atoms with E-state index in [0.29, 0.717) is 6.42 Å². The monoisotopic (exact) mass is 776 g/mol. The first kappa shape index (κ1) is 51.5. The topological polar surface area (TPSA) is 155 Å². The van der Waals surface area contributed by atoms with E-state index < -0.39 is 45.1 Å². The summed E-state index contributed by atoms with van der Waals surface area (Å²) >= 11 is 0. The predicted octanol–water partition coefficient (Wildman–Crippen LogP) is 12.1. The molecule has 0 rings (SSSR count). The van der Waals surface area contributed by atoms with Crippen LogP contribution >= 0.6 is 7.82 Å². The number of rotatable bonds is 42. The van der Waals surface area contributed by atoms with Crippen LogP contribution in [0.4, 0.5) is 0 Å². The lowest BCUT2D eigenvalue weighted by molar-refractivity contribution is -0.153. The van der Waals surface area contributed by atoms with Crippen molar-refractivity contribution in [2.24, 2.45) is 5.73 Å². The van der Waals surface area contributed by atoms with Crippen LogP contribution in [-0.2, 0) is 32.7 Å². The molecule has 1 unspecified atom stereocenters. The van der Waals surface area contributed by atoms with Crippen molar-refractivity contribution >= 4 is 19.8 Å². The van der Waals surface area contributed by atoms with Gasteiger partial charge in [0, 0.05) is 6.42 Å². The fourth-order valence-electron chi connectivity index (χ4n) is 6.22. The summed E-state index contributed by atoms with van der Waals surface area (Å²) in [6.45, 7) is 3.30. The zero-order valence-electron chi connectivity index (χ0n) is 34.1. The molecule has 314 valence electrons. The maximum atomic E-state index is 12.6. The summed E-state index contributed by atoms with van der Waals surface area (Å²) in [6, 6.07) is -1.48. The molecule has 0 radical (unpaired) electrons. The van der Waals surface area contributed by atoms with Crippen LogP contribution in [0.25, 0.3) is 0 Å². The summed E-state index contributed by atoms with van der Waals surface area (Å²) in [5, 5.41) is 8.88. The molecule has 0 bridgehead atoms. The van der Waals surface area contributed by atoms with Gasteiger partial charge in [-0.3, -0.25) is 18.6 Å². The molecule has 0 heterocycles. The second-order valence-electron chi connectivity index (χ2n) is 14.9. The van der Waals surface area contributed by atoms with Crippen molar-refractivity contribution in [3.05, 3.63) is 12.3 Å². The van der Waals surface area contributed by atoms with Gasteiger partial charge >= 0.3 is 19.8 Å². The van der Waals surface area contributed by atoms with Crippen molar-refractivity contribution in [1.82, 2.24) is 0 Å². The van der Waals surface area contributed by atoms with Gasteiger partial charge in [0.05, 0.1) is 19.5 Å². The maximum Gasteiger partial charge on any atom is 0.472 e. The third-order valence-corrected chi connectivity index (χ3v) is 10.6. The Kier molecular flexibility index (Phi) is 37.7. The summed E-state index contributed by atoms with van der Waals surface area (Å²) in [5.41, 5.74) is 5.35. The van der Waals surface area contributed by atoms with E-state index in [1.54, 1.807) is 6.26 Å². The van der Waals surface area contributed by atoms with E-state index >= 15 is 0 Å². The average Bonchev–Trinajstić information content (AvgIpc) is 3.13. The number of aliphatic carboxylic acids is 1. The van der Waals surface area contributed by atoms with Crippen LogP contribution in [0.1, 0.15) is 213 Å². The maximum absolute atomic E-state index is 12.6. The van der Waals surface area contributed by atoms with E-state index in [0.717, 1.165) is 25.7 Å². The highest BCUT2D eigenvalue weighted by molar-refractivity contribution is 7.47. The van der Waals surface area contributed by atoms with Crippen molar-refractivity contribution in [2.45, 2.75) is 225 Å². The van der Waals surface area contributed by atoms with Crippen molar-refractivity contribution in [2.75, 3.05) is 19.8 Å². The minimum absolute atomic E-state index is 0.0611. The Morgan fingerprint density at radius 3 is 1.38 bits per heavy atom. The number of hydrogen-bond acceptors (Lipinski definition) is 8. The largest absolute Gasteiger partial charge is 0.498 e. The molecule has 0 aromatic carbocycles. The molecule has 0 saturated heterocycles. The number of nitrogens with two attached hydrogens (primary N) is 1. The molecule has 0 spiro atoms. The summed E-state index contributed by atoms with van der Waals surface area (Å²) in [4.78, 5) is 33.5. The van der Waals surface area contributed by atoms with Crippen LogP contribution < -0.4 is 5.73 Å². The van der Waals surface area contributed by atoms with E-state index in [2.05, 4.69) is 13.8 Å². The number of carboxylic acid groups (broad SMARTS) is 1. The van der Waals surface area contributed by atoms with E-state index in [-0.39, 0.29) is 13.0 Å². The summed E-state index contributed by atoms with van der Waals surface area (Å²) in [6.07, 6.45) is 40.6. The number of carbonyl (C=O) groups excluding carboxylic acids is 1. The number of ether oxygens (including phenoxy) is 2. The van der Waals surface area contributed by atoms with E-state index in [1.165, 1.54) is 161 Å². The normalized spacial score (nSPS) is 14.0. The van der Waals surface area contributed by atoms with Gasteiger partial charge < -0.3 is 25.2 Å². The Hall–Kier alpha value is -1.45. The average molecular weight is 776 g/mol. The minimum Gasteiger partial charge on any atom is -0.498 e. The Bertz CT molecular complexity index is 904. The molecular weight excluding hydrogens is 693 g/mol. The first-order valence-electron chi connectivity index (χ1n) is 21.8. The molecule has 0 fully saturated rings. The SMILES string of the molecule is CCCCCCCCCCCCCC/C=C\OC[C@H](COP(=O)(O)OC[C@H](N)C(=O)O)OC(=O)CCCCCCCCCCCCCCCCCCC. The van der Waals surface area contributed by atoms with Gasteiger partial charge in [-0.1, -0.05) is 187 Å². The highest BCUT2D eigenvalue weighted by atomic mass is 31.2. The number of allylic oxidation sites excluding steroid dienone is 1. The molecular formula is C42H82NO9P. The smallest absolute Gasteiger partial charge is 0.472 e. The Balaban J connectivity index is 4.25. The molecule has 11 heteroatoms. The second-order valence-corrected chi connectivity index (χ2v) is 16.4. The zero-order chi connectivity index (χ0) is 39.1. The van der Waals surface area contributed by atoms with E-state index in [9.17, 15) is 19.0 Å². The van der Waals surface area contributed by atoms with Crippen LogP contribution in [-0.4, -0.2) is 53.9 Å². The number of unbranched alkanes of at least 4 members (excludes halogenated alkanes) is 28. The third-order valence-electron chi connectivity index (χ3n) is 9.64. The number of hydrogen-bond donors (Lipinski definition) is 3. The number of carboxylic acids is 1. The van der Waals surface area contributed by atoms with Crippen molar-refractivity contribution in [1.29, 1.82) is 0 Å². The standard InChI is InChI=1S/C42H82NO9P/c1-3-5-7-9-11-13-15-17-19-20-21-22-24-26-28-30-32-34-41(44)52-39(37-50-53(47,48)51-38-40(43)42(45)46)36-49-35-33-31-29-27-25-23-18-16-14-12-10-8-6-4-2/h33,35,39-40H,3-32,34,36-38,43H2,1-2H3,(H,45,46)(H,47,48)/b35-33-/t39-,40+/m1/s1. The highest BCUT2D eigenvalue weighted by Gasteiger charge is 2.27. The van der Waals surface area contributed by atoms with Gasteiger partial charge in [-0.2, -0.15) is 0 Å². The van der Waals surface area contributed by atoms with Gasteiger partial charge in [-0.25, -0.2) is 4.57 Å². The Labute approximate surface area is 324 Å². The van der Waals surface area contributed by atoms with Gasteiger partial charge in [0.15, 0.2) is 6.10 Å². The minimum atomic E-state index is -4.62. The number of phosphoric acid groups is 1. The van der Waals surface area contributed by atoms with Crippen LogP contribution in [0.2, 0.25) is 0 Å². The first-order valence-corrected chi connectivity index (χ1v) is 23.3. The lowest BCUT2D eigenvalue weighted by Crippen LogP contribution is -2.34. The summed E-state index contributed by atoms with van der Waals surface area (Å²) < 4.78 is 33.1. The molecule has 0 saturated carbocycles.